The first-order chi connectivity index (χ1) is 7.81. The van der Waals surface area contributed by atoms with Crippen LogP contribution >= 0.6 is 0 Å². The molecule has 1 aromatic rings. The van der Waals surface area contributed by atoms with Crippen molar-refractivity contribution >= 4 is 6.29 Å². The van der Waals surface area contributed by atoms with E-state index < -0.39 is 0 Å². The molecule has 2 nitrogen and oxygen atoms in total. The average molecular weight is 215 g/mol. The predicted molar refractivity (Wildman–Crippen MR) is 65.2 cm³/mol. The Kier molecular flexibility index (Phi) is 3.52. The molecule has 0 aromatic heterocycles. The Balaban J connectivity index is 2.09. The Morgan fingerprint density at radius 2 is 2.06 bits per heavy atom. The molecule has 2 heteroatoms. The highest BCUT2D eigenvalue weighted by Crippen LogP contribution is 2.23. The lowest BCUT2D eigenvalue weighted by molar-refractivity contribution is -0.105. The number of carbonyl (C=O) groups is 1. The van der Waals surface area contributed by atoms with Crippen molar-refractivity contribution in [2.45, 2.75) is 19.4 Å². The van der Waals surface area contributed by atoms with Crippen LogP contribution in [0.4, 0.5) is 0 Å². The largest absolute Gasteiger partial charge is 0.298 e. The summed E-state index contributed by atoms with van der Waals surface area (Å²) in [5, 5.41) is 0. The van der Waals surface area contributed by atoms with E-state index in [2.05, 4.69) is 36.1 Å². The molecule has 0 aliphatic carbocycles. The highest BCUT2D eigenvalue weighted by molar-refractivity contribution is 5.74. The van der Waals surface area contributed by atoms with Crippen LogP contribution in [0, 0.1) is 0 Å². The smallest absolute Gasteiger partial charge is 0.147 e. The molecule has 1 aliphatic rings. The van der Waals surface area contributed by atoms with Crippen LogP contribution in [0.25, 0.3) is 0 Å². The van der Waals surface area contributed by atoms with E-state index in [1.807, 2.05) is 12.1 Å². The molecule has 0 bridgehead atoms. The van der Waals surface area contributed by atoms with Gasteiger partial charge in [0.05, 0.1) is 0 Å². The lowest BCUT2D eigenvalue weighted by Crippen LogP contribution is -2.32. The van der Waals surface area contributed by atoms with E-state index in [4.69, 9.17) is 0 Å². The molecule has 1 unspecified atom stereocenters. The van der Waals surface area contributed by atoms with Gasteiger partial charge >= 0.3 is 0 Å². The van der Waals surface area contributed by atoms with Crippen LogP contribution in [0.1, 0.15) is 24.9 Å². The first-order valence-electron chi connectivity index (χ1n) is 5.74. The van der Waals surface area contributed by atoms with Gasteiger partial charge in [-0.2, -0.15) is 0 Å². The molecular weight excluding hydrogens is 198 g/mol. The molecule has 2 rings (SSSR count). The number of nitrogens with zero attached hydrogens (tertiary/aromatic N) is 1. The standard InChI is InChI=1S/C14H17NO/c1-12(14-7-3-2-4-8-14)15-9-5-6-13(10-15)11-16/h2-4,6-8,11-12H,5,9-10H2,1H3. The number of rotatable bonds is 3. The second-order valence-electron chi connectivity index (χ2n) is 4.24. The monoisotopic (exact) mass is 215 g/mol. The highest BCUT2D eigenvalue weighted by atomic mass is 16.1. The Morgan fingerprint density at radius 3 is 2.75 bits per heavy atom. The number of benzene rings is 1. The fourth-order valence-corrected chi connectivity index (χ4v) is 2.15. The topological polar surface area (TPSA) is 20.3 Å². The van der Waals surface area contributed by atoms with Gasteiger partial charge in [-0.1, -0.05) is 36.4 Å². The third-order valence-electron chi connectivity index (χ3n) is 3.19. The quantitative estimate of drug-likeness (QED) is 0.722. The molecule has 0 radical (unpaired) electrons. The van der Waals surface area contributed by atoms with Crippen molar-refractivity contribution in [2.75, 3.05) is 13.1 Å². The highest BCUT2D eigenvalue weighted by Gasteiger charge is 2.18. The molecule has 0 fully saturated rings. The van der Waals surface area contributed by atoms with Gasteiger partial charge in [0.2, 0.25) is 0 Å². The molecule has 16 heavy (non-hydrogen) atoms. The molecule has 0 N–H and O–H groups in total. The molecule has 0 saturated heterocycles. The van der Waals surface area contributed by atoms with Crippen molar-refractivity contribution < 1.29 is 4.79 Å². The van der Waals surface area contributed by atoms with Crippen LogP contribution in [0.15, 0.2) is 42.0 Å². The first kappa shape index (κ1) is 11.1. The Bertz CT molecular complexity index is 383. The van der Waals surface area contributed by atoms with E-state index in [0.29, 0.717) is 6.04 Å². The van der Waals surface area contributed by atoms with Crippen molar-refractivity contribution in [2.24, 2.45) is 0 Å². The number of hydrogen-bond donors (Lipinski definition) is 0. The lowest BCUT2D eigenvalue weighted by atomic mass is 10.0. The summed E-state index contributed by atoms with van der Waals surface area (Å²) < 4.78 is 0. The number of aldehydes is 1. The van der Waals surface area contributed by atoms with Crippen LogP contribution in [-0.2, 0) is 4.79 Å². The predicted octanol–water partition coefficient (Wildman–Crippen LogP) is 2.58. The van der Waals surface area contributed by atoms with E-state index in [9.17, 15) is 4.79 Å². The third-order valence-corrected chi connectivity index (χ3v) is 3.19. The van der Waals surface area contributed by atoms with Crippen LogP contribution in [0.5, 0.6) is 0 Å². The minimum absolute atomic E-state index is 0.379. The molecule has 1 heterocycles. The molecule has 1 atom stereocenters. The number of carbonyl (C=O) groups excluding carboxylic acids is 1. The van der Waals surface area contributed by atoms with E-state index in [1.165, 1.54) is 5.56 Å². The van der Waals surface area contributed by atoms with Gasteiger partial charge in [-0.15, -0.1) is 0 Å². The lowest BCUT2D eigenvalue weighted by Gasteiger charge is -2.31. The van der Waals surface area contributed by atoms with Gasteiger partial charge in [-0.05, 0) is 18.9 Å². The van der Waals surface area contributed by atoms with Gasteiger partial charge in [-0.25, -0.2) is 0 Å². The van der Waals surface area contributed by atoms with Gasteiger partial charge in [0.25, 0.3) is 0 Å². The molecule has 1 aromatic carbocycles. The third kappa shape index (κ3) is 2.39. The summed E-state index contributed by atoms with van der Waals surface area (Å²) in [6.45, 7) is 4.01. The summed E-state index contributed by atoms with van der Waals surface area (Å²) in [6, 6.07) is 10.8. The summed E-state index contributed by atoms with van der Waals surface area (Å²) in [6.07, 6.45) is 4.00. The van der Waals surface area contributed by atoms with Crippen LogP contribution < -0.4 is 0 Å². The Labute approximate surface area is 96.6 Å². The van der Waals surface area contributed by atoms with Crippen molar-refractivity contribution in [3.63, 3.8) is 0 Å². The fraction of sp³-hybridized carbons (Fsp3) is 0.357. The average Bonchev–Trinajstić information content (AvgIpc) is 2.39. The van der Waals surface area contributed by atoms with Gasteiger partial charge < -0.3 is 0 Å². The summed E-state index contributed by atoms with van der Waals surface area (Å²) in [4.78, 5) is 13.1. The van der Waals surface area contributed by atoms with E-state index in [1.54, 1.807) is 0 Å². The molecule has 0 amide bonds. The second-order valence-corrected chi connectivity index (χ2v) is 4.24. The SMILES string of the molecule is CC(c1ccccc1)N1CCC=C(C=O)C1. The second kappa shape index (κ2) is 5.08. The van der Waals surface area contributed by atoms with Gasteiger partial charge in [0.15, 0.2) is 0 Å². The van der Waals surface area contributed by atoms with Crippen molar-refractivity contribution in [3.8, 4) is 0 Å². The fourth-order valence-electron chi connectivity index (χ4n) is 2.15. The van der Waals surface area contributed by atoms with Crippen LogP contribution in [0.3, 0.4) is 0 Å². The van der Waals surface area contributed by atoms with Gasteiger partial charge in [0, 0.05) is 24.7 Å². The first-order valence-corrected chi connectivity index (χ1v) is 5.74. The Hall–Kier alpha value is -1.41. The zero-order valence-electron chi connectivity index (χ0n) is 9.60. The van der Waals surface area contributed by atoms with Crippen LogP contribution in [0.2, 0.25) is 0 Å². The Morgan fingerprint density at radius 1 is 1.31 bits per heavy atom. The minimum atomic E-state index is 0.379. The summed E-state index contributed by atoms with van der Waals surface area (Å²) in [5.74, 6) is 0. The normalized spacial score (nSPS) is 18.9. The molecule has 0 saturated carbocycles. The van der Waals surface area contributed by atoms with Crippen molar-refractivity contribution in [3.05, 3.63) is 47.5 Å². The minimum Gasteiger partial charge on any atom is -0.298 e. The molecule has 1 aliphatic heterocycles. The van der Waals surface area contributed by atoms with E-state index in [0.717, 1.165) is 31.4 Å². The van der Waals surface area contributed by atoms with E-state index in [-0.39, 0.29) is 0 Å². The zero-order valence-corrected chi connectivity index (χ0v) is 9.60. The van der Waals surface area contributed by atoms with Gasteiger partial charge in [-0.3, -0.25) is 9.69 Å². The van der Waals surface area contributed by atoms with Crippen molar-refractivity contribution in [1.29, 1.82) is 0 Å². The summed E-state index contributed by atoms with van der Waals surface area (Å²) >= 11 is 0. The van der Waals surface area contributed by atoms with Crippen molar-refractivity contribution in [1.82, 2.24) is 4.90 Å². The summed E-state index contributed by atoms with van der Waals surface area (Å²) in [5.41, 5.74) is 2.23. The van der Waals surface area contributed by atoms with E-state index >= 15 is 0 Å². The number of hydrogen-bond acceptors (Lipinski definition) is 2. The molecule has 84 valence electrons. The molecule has 0 spiro atoms. The maximum Gasteiger partial charge on any atom is 0.147 e. The molecular formula is C14H17NO. The maximum atomic E-state index is 10.8. The van der Waals surface area contributed by atoms with Gasteiger partial charge in [0.1, 0.15) is 6.29 Å². The summed E-state index contributed by atoms with van der Waals surface area (Å²) in [7, 11) is 0. The maximum absolute atomic E-state index is 10.8. The van der Waals surface area contributed by atoms with Crippen LogP contribution in [-0.4, -0.2) is 24.3 Å². The zero-order chi connectivity index (χ0) is 11.4.